The van der Waals surface area contributed by atoms with Crippen LogP contribution >= 0.6 is 11.3 Å². The van der Waals surface area contributed by atoms with Gasteiger partial charge in [-0.3, -0.25) is 14.5 Å². The molecule has 1 N–H and O–H groups in total. The van der Waals surface area contributed by atoms with Gasteiger partial charge < -0.3 is 14.8 Å². The number of carbonyl (C=O) groups excluding carboxylic acids is 2. The molecule has 2 amide bonds. The van der Waals surface area contributed by atoms with Crippen molar-refractivity contribution in [3.8, 4) is 11.3 Å². The molecule has 0 spiro atoms. The summed E-state index contributed by atoms with van der Waals surface area (Å²) in [5, 5.41) is 1.80. The van der Waals surface area contributed by atoms with Crippen LogP contribution < -0.4 is 0 Å². The van der Waals surface area contributed by atoms with Gasteiger partial charge in [-0.2, -0.15) is 0 Å². The van der Waals surface area contributed by atoms with Crippen LogP contribution in [-0.4, -0.2) is 81.8 Å². The minimum absolute atomic E-state index is 0.0161. The second kappa shape index (κ2) is 8.28. The number of amides is 2. The van der Waals surface area contributed by atoms with Gasteiger partial charge in [0.25, 0.3) is 11.8 Å². The summed E-state index contributed by atoms with van der Waals surface area (Å²) in [5.41, 5.74) is 6.11. The van der Waals surface area contributed by atoms with Crippen molar-refractivity contribution in [2.45, 2.75) is 13.0 Å². The molecule has 4 heterocycles. The van der Waals surface area contributed by atoms with E-state index in [1.165, 1.54) is 16.9 Å². The molecule has 0 saturated carbocycles. The molecular formula is C23H25N5O2S. The predicted molar refractivity (Wildman–Crippen MR) is 120 cm³/mol. The summed E-state index contributed by atoms with van der Waals surface area (Å²) in [7, 11) is 0. The number of benzene rings is 1. The number of nitrogens with one attached hydrogen (secondary N) is 1. The van der Waals surface area contributed by atoms with Crippen molar-refractivity contribution in [1.29, 1.82) is 0 Å². The number of aryl methyl sites for hydroxylation is 1. The van der Waals surface area contributed by atoms with Crippen molar-refractivity contribution in [2.75, 3.05) is 39.3 Å². The normalized spacial score (nSPS) is 17.6. The number of aromatic amines is 1. The number of carbonyl (C=O) groups is 2. The molecule has 160 valence electrons. The third-order valence-corrected chi connectivity index (χ3v) is 6.78. The first-order valence-electron chi connectivity index (χ1n) is 10.6. The van der Waals surface area contributed by atoms with Crippen LogP contribution in [0.4, 0.5) is 0 Å². The van der Waals surface area contributed by atoms with Crippen LogP contribution in [0.25, 0.3) is 11.3 Å². The van der Waals surface area contributed by atoms with Gasteiger partial charge in [0.05, 0.1) is 5.51 Å². The smallest absolute Gasteiger partial charge is 0.273 e. The van der Waals surface area contributed by atoms with Gasteiger partial charge in [0, 0.05) is 56.4 Å². The first-order chi connectivity index (χ1) is 15.1. The molecule has 2 aromatic heterocycles. The van der Waals surface area contributed by atoms with Gasteiger partial charge in [0.2, 0.25) is 0 Å². The number of piperazine rings is 1. The third-order valence-electron chi connectivity index (χ3n) is 6.20. The number of nitrogens with zero attached hydrogens (tertiary/aromatic N) is 4. The number of likely N-dealkylation sites (tertiary alicyclic amines) is 1. The Morgan fingerprint density at radius 3 is 2.39 bits per heavy atom. The maximum absolute atomic E-state index is 12.8. The van der Waals surface area contributed by atoms with Crippen LogP contribution in [0.3, 0.4) is 0 Å². The minimum atomic E-state index is 0.0161. The van der Waals surface area contributed by atoms with E-state index in [0.717, 1.165) is 37.4 Å². The fourth-order valence-electron chi connectivity index (χ4n) is 4.21. The number of thiazole rings is 1. The Labute approximate surface area is 185 Å². The average Bonchev–Trinajstić information content (AvgIpc) is 3.46. The molecule has 7 nitrogen and oxygen atoms in total. The molecule has 2 saturated heterocycles. The van der Waals surface area contributed by atoms with Crippen LogP contribution in [-0.2, 0) is 0 Å². The fraction of sp³-hybridized carbons (Fsp3) is 0.348. The molecule has 0 atom stereocenters. The van der Waals surface area contributed by atoms with Crippen molar-refractivity contribution >= 4 is 23.2 Å². The fourth-order valence-corrected chi connectivity index (χ4v) is 4.74. The van der Waals surface area contributed by atoms with E-state index >= 15 is 0 Å². The Kier molecular flexibility index (Phi) is 5.33. The Morgan fingerprint density at radius 1 is 0.968 bits per heavy atom. The molecule has 0 aliphatic carbocycles. The number of H-pyrrole nitrogens is 1. The highest BCUT2D eigenvalue weighted by molar-refractivity contribution is 7.07. The molecule has 0 bridgehead atoms. The van der Waals surface area contributed by atoms with E-state index in [1.807, 2.05) is 21.9 Å². The van der Waals surface area contributed by atoms with Gasteiger partial charge in [-0.15, -0.1) is 11.3 Å². The second-order valence-corrected chi connectivity index (χ2v) is 8.94. The molecule has 2 fully saturated rings. The summed E-state index contributed by atoms with van der Waals surface area (Å²) in [6, 6.07) is 12.5. The van der Waals surface area contributed by atoms with Crippen molar-refractivity contribution in [3.63, 3.8) is 0 Å². The van der Waals surface area contributed by atoms with E-state index in [-0.39, 0.29) is 11.8 Å². The highest BCUT2D eigenvalue weighted by Gasteiger charge is 2.37. The lowest BCUT2D eigenvalue weighted by Gasteiger charge is -2.47. The van der Waals surface area contributed by atoms with E-state index in [2.05, 4.69) is 46.1 Å². The van der Waals surface area contributed by atoms with Crippen LogP contribution in [0, 0.1) is 6.92 Å². The van der Waals surface area contributed by atoms with Gasteiger partial charge in [0.1, 0.15) is 11.4 Å². The molecule has 31 heavy (non-hydrogen) atoms. The lowest BCUT2D eigenvalue weighted by molar-refractivity contribution is 0.00817. The summed E-state index contributed by atoms with van der Waals surface area (Å²) in [6.45, 7) is 6.61. The summed E-state index contributed by atoms with van der Waals surface area (Å²) >= 11 is 1.44. The SMILES string of the molecule is Cc1ccc(-c2ccc(C(=O)N3CC(N4CCN(C(=O)c5cscn5)CC4)C3)[nH]2)cc1. The van der Waals surface area contributed by atoms with E-state index in [4.69, 9.17) is 0 Å². The predicted octanol–water partition coefficient (Wildman–Crippen LogP) is 2.73. The van der Waals surface area contributed by atoms with Crippen molar-refractivity contribution in [2.24, 2.45) is 0 Å². The molecule has 5 rings (SSSR count). The van der Waals surface area contributed by atoms with E-state index in [1.54, 1.807) is 10.9 Å². The number of rotatable bonds is 4. The minimum Gasteiger partial charge on any atom is -0.351 e. The average molecular weight is 436 g/mol. The lowest BCUT2D eigenvalue weighted by atomic mass is 10.1. The zero-order valence-corrected chi connectivity index (χ0v) is 18.3. The number of hydrogen-bond acceptors (Lipinski definition) is 5. The zero-order valence-electron chi connectivity index (χ0n) is 17.5. The summed E-state index contributed by atoms with van der Waals surface area (Å²) < 4.78 is 0. The summed E-state index contributed by atoms with van der Waals surface area (Å²) in [4.78, 5) is 38.8. The highest BCUT2D eigenvalue weighted by atomic mass is 32.1. The maximum atomic E-state index is 12.8. The van der Waals surface area contributed by atoms with Gasteiger partial charge in [0.15, 0.2) is 0 Å². The molecule has 3 aromatic rings. The highest BCUT2D eigenvalue weighted by Crippen LogP contribution is 2.23. The number of aromatic nitrogens is 2. The Bertz CT molecular complexity index is 1060. The molecule has 1 aromatic carbocycles. The van der Waals surface area contributed by atoms with Crippen molar-refractivity contribution < 1.29 is 9.59 Å². The van der Waals surface area contributed by atoms with Gasteiger partial charge >= 0.3 is 0 Å². The van der Waals surface area contributed by atoms with E-state index in [9.17, 15) is 9.59 Å². The molecular weight excluding hydrogens is 410 g/mol. The topological polar surface area (TPSA) is 72.5 Å². The third kappa shape index (κ3) is 4.00. The standard InChI is InChI=1S/C23H25N5O2S/c1-16-2-4-17(5-3-16)19-6-7-20(25-19)22(29)28-12-18(13-28)26-8-10-27(11-9-26)23(30)21-14-31-15-24-21/h2-7,14-15,18,25H,8-13H2,1H3. The van der Waals surface area contributed by atoms with Crippen LogP contribution in [0.15, 0.2) is 47.3 Å². The second-order valence-electron chi connectivity index (χ2n) is 8.22. The number of hydrogen-bond donors (Lipinski definition) is 1. The Hall–Kier alpha value is -2.97. The first-order valence-corrected chi connectivity index (χ1v) is 11.5. The monoisotopic (exact) mass is 435 g/mol. The lowest BCUT2D eigenvalue weighted by Crippen LogP contribution is -2.64. The Morgan fingerprint density at radius 2 is 1.71 bits per heavy atom. The van der Waals surface area contributed by atoms with Crippen LogP contribution in [0.1, 0.15) is 26.5 Å². The van der Waals surface area contributed by atoms with Crippen molar-refractivity contribution in [3.05, 3.63) is 64.2 Å². The van der Waals surface area contributed by atoms with E-state index in [0.29, 0.717) is 30.5 Å². The molecule has 8 heteroatoms. The summed E-state index contributed by atoms with van der Waals surface area (Å²) in [6.07, 6.45) is 0. The zero-order chi connectivity index (χ0) is 21.4. The maximum Gasteiger partial charge on any atom is 0.273 e. The first kappa shape index (κ1) is 20.0. The van der Waals surface area contributed by atoms with E-state index < -0.39 is 0 Å². The van der Waals surface area contributed by atoms with Gasteiger partial charge in [-0.1, -0.05) is 29.8 Å². The molecule has 0 unspecified atom stereocenters. The van der Waals surface area contributed by atoms with Crippen LogP contribution in [0.2, 0.25) is 0 Å². The molecule has 0 radical (unpaired) electrons. The largest absolute Gasteiger partial charge is 0.351 e. The van der Waals surface area contributed by atoms with Crippen LogP contribution in [0.5, 0.6) is 0 Å². The molecule has 2 aliphatic rings. The quantitative estimate of drug-likeness (QED) is 0.684. The Balaban J connectivity index is 1.12. The summed E-state index contributed by atoms with van der Waals surface area (Å²) in [5.74, 6) is 0.0643. The van der Waals surface area contributed by atoms with Crippen molar-refractivity contribution in [1.82, 2.24) is 24.7 Å². The molecule has 2 aliphatic heterocycles. The van der Waals surface area contributed by atoms with Gasteiger partial charge in [-0.05, 0) is 24.6 Å². The van der Waals surface area contributed by atoms with Gasteiger partial charge in [-0.25, -0.2) is 4.98 Å².